The van der Waals surface area contributed by atoms with Crippen LogP contribution in [0.15, 0.2) is 24.3 Å². The Bertz CT molecular complexity index is 913. The third-order valence-corrected chi connectivity index (χ3v) is 4.96. The minimum atomic E-state index is -4.11. The van der Waals surface area contributed by atoms with E-state index in [9.17, 15) is 13.2 Å². The van der Waals surface area contributed by atoms with E-state index in [1.807, 2.05) is 35.6 Å². The van der Waals surface area contributed by atoms with Gasteiger partial charge in [0.05, 0.1) is 16.2 Å². The number of hydrogen-bond acceptors (Lipinski definition) is 6. The van der Waals surface area contributed by atoms with Crippen molar-refractivity contribution in [3.05, 3.63) is 29.8 Å². The van der Waals surface area contributed by atoms with Gasteiger partial charge in [-0.1, -0.05) is 40.8 Å². The molecule has 1 unspecified atom stereocenters. The number of nitrogen functional groups attached to an aromatic ring is 1. The molecule has 122 valence electrons. The highest BCUT2D eigenvalue weighted by molar-refractivity contribution is 14.1. The Balaban J connectivity index is 2.16. The van der Waals surface area contributed by atoms with Crippen molar-refractivity contribution in [2.75, 3.05) is 10.2 Å². The lowest BCUT2D eigenvalue weighted by Gasteiger charge is -2.17. The summed E-state index contributed by atoms with van der Waals surface area (Å²) in [6, 6.07) is 6.69. The molecule has 0 saturated heterocycles. The lowest BCUT2D eigenvalue weighted by atomic mass is 9.98. The minimum Gasteiger partial charge on any atom is -0.395 e. The van der Waals surface area contributed by atoms with Gasteiger partial charge in [0.15, 0.2) is 5.75 Å². The molecule has 0 radical (unpaired) electrons. The highest BCUT2D eigenvalue weighted by Gasteiger charge is 2.32. The summed E-state index contributed by atoms with van der Waals surface area (Å²) < 4.78 is 32.8. The summed E-state index contributed by atoms with van der Waals surface area (Å²) in [6.45, 7) is 1.84. The van der Waals surface area contributed by atoms with Crippen LogP contribution in [0.5, 0.6) is 11.5 Å². The summed E-state index contributed by atoms with van der Waals surface area (Å²) in [7, 11) is -4.11. The van der Waals surface area contributed by atoms with E-state index >= 15 is 0 Å². The Morgan fingerprint density at radius 3 is 2.78 bits per heavy atom. The maximum absolute atomic E-state index is 11.6. The highest BCUT2D eigenvalue weighted by atomic mass is 127. The molecule has 9 heteroatoms. The number of alkyl halides is 1. The second kappa shape index (κ2) is 5.71. The number of fused-ring (bicyclic) bond motifs is 2. The lowest BCUT2D eigenvalue weighted by Crippen LogP contribution is -2.27. The molecule has 0 aliphatic carbocycles. The van der Waals surface area contributed by atoms with Gasteiger partial charge in [0.2, 0.25) is 11.7 Å². The van der Waals surface area contributed by atoms with Crippen LogP contribution in [0.3, 0.4) is 0 Å². The van der Waals surface area contributed by atoms with Crippen LogP contribution in [0.2, 0.25) is 0 Å². The summed E-state index contributed by atoms with van der Waals surface area (Å²) in [4.78, 5) is 11.6. The average molecular weight is 448 g/mol. The van der Waals surface area contributed by atoms with Crippen molar-refractivity contribution < 1.29 is 21.6 Å². The summed E-state index contributed by atoms with van der Waals surface area (Å²) >= 11 is 1.98. The molecule has 3 N–H and O–H groups in total. The van der Waals surface area contributed by atoms with Crippen molar-refractivity contribution in [3.8, 4) is 11.5 Å². The Morgan fingerprint density at radius 2 is 2.09 bits per heavy atom. The van der Waals surface area contributed by atoms with Crippen LogP contribution in [0.1, 0.15) is 18.5 Å². The first-order chi connectivity index (χ1) is 10.8. The summed E-state index contributed by atoms with van der Waals surface area (Å²) in [5.41, 5.74) is 7.03. The predicted molar refractivity (Wildman–Crippen MR) is 94.0 cm³/mol. The molecule has 0 spiro atoms. The molecule has 0 saturated carbocycles. The highest BCUT2D eigenvalue weighted by Crippen LogP contribution is 2.46. The van der Waals surface area contributed by atoms with Crippen molar-refractivity contribution in [2.45, 2.75) is 13.0 Å². The van der Waals surface area contributed by atoms with Gasteiger partial charge in [-0.15, -0.1) is 8.42 Å². The number of hydrogen-bond donors (Lipinski definition) is 2. The molecule has 1 heterocycles. The second-order valence-electron chi connectivity index (χ2n) is 5.06. The normalized spacial score (nSPS) is 16.3. The van der Waals surface area contributed by atoms with Crippen LogP contribution in [0, 0.1) is 0 Å². The number of nitrogens with one attached hydrogen (secondary N) is 1. The first kappa shape index (κ1) is 16.1. The largest absolute Gasteiger partial charge is 0.501 e. The van der Waals surface area contributed by atoms with E-state index in [0.29, 0.717) is 15.2 Å². The van der Waals surface area contributed by atoms with E-state index in [-0.39, 0.29) is 29.1 Å². The molecule has 1 amide bonds. The third kappa shape index (κ3) is 2.90. The van der Waals surface area contributed by atoms with Crippen LogP contribution >= 0.6 is 22.6 Å². The van der Waals surface area contributed by atoms with E-state index in [0.717, 1.165) is 5.56 Å². The fourth-order valence-electron chi connectivity index (χ4n) is 2.54. The number of amides is 1. The number of nitrogens with two attached hydrogens (primary N) is 1. The number of carbonyl (C=O) groups excluding carboxylic acids is 1. The van der Waals surface area contributed by atoms with Gasteiger partial charge in [0.1, 0.15) is 0 Å². The second-order valence-corrected chi connectivity index (χ2v) is 6.97. The Kier molecular flexibility index (Phi) is 4.00. The van der Waals surface area contributed by atoms with Gasteiger partial charge in [0, 0.05) is 5.39 Å². The molecule has 1 aliphatic heterocycles. The quantitative estimate of drug-likeness (QED) is 0.423. The van der Waals surface area contributed by atoms with Gasteiger partial charge < -0.3 is 19.4 Å². The molecule has 3 rings (SSSR count). The lowest BCUT2D eigenvalue weighted by molar-refractivity contribution is -0.118. The van der Waals surface area contributed by atoms with Crippen molar-refractivity contribution in [3.63, 3.8) is 0 Å². The number of anilines is 1. The summed E-state index contributed by atoms with van der Waals surface area (Å²) in [5, 5.41) is 4.20. The standard InChI is InChI=1S/C14H13IN2O5S/c1-7(17-12(18)6-15)8-3-2-4-9-10(8)5-11-14(13(9)16)22-23(19,20)21-11/h2-5,7H,6,16H2,1H3,(H,17,18). The van der Waals surface area contributed by atoms with Gasteiger partial charge in [-0.3, -0.25) is 4.79 Å². The van der Waals surface area contributed by atoms with E-state index in [1.54, 1.807) is 18.2 Å². The zero-order valence-electron chi connectivity index (χ0n) is 12.0. The Labute approximate surface area is 146 Å². The van der Waals surface area contributed by atoms with Crippen molar-refractivity contribution in [2.24, 2.45) is 0 Å². The van der Waals surface area contributed by atoms with Gasteiger partial charge in [-0.05, 0) is 23.9 Å². The van der Waals surface area contributed by atoms with Crippen molar-refractivity contribution in [1.82, 2.24) is 5.32 Å². The summed E-state index contributed by atoms with van der Waals surface area (Å²) in [5.74, 6) is -0.0418. The topological polar surface area (TPSA) is 108 Å². The fourth-order valence-corrected chi connectivity index (χ4v) is 3.52. The van der Waals surface area contributed by atoms with Gasteiger partial charge in [-0.25, -0.2) is 0 Å². The Morgan fingerprint density at radius 1 is 1.35 bits per heavy atom. The van der Waals surface area contributed by atoms with Gasteiger partial charge >= 0.3 is 10.4 Å². The van der Waals surface area contributed by atoms with E-state index < -0.39 is 10.4 Å². The number of benzene rings is 2. The van der Waals surface area contributed by atoms with Crippen LogP contribution in [0.4, 0.5) is 5.69 Å². The Hall–Kier alpha value is -1.75. The SMILES string of the molecule is CC(NC(=O)CI)c1cccc2c(N)c3c(cc12)OS(=O)(=O)O3. The van der Waals surface area contributed by atoms with Crippen LogP contribution in [-0.4, -0.2) is 18.8 Å². The van der Waals surface area contributed by atoms with Gasteiger partial charge in [0.25, 0.3) is 0 Å². The molecule has 2 aromatic rings. The number of carbonyl (C=O) groups is 1. The molecule has 23 heavy (non-hydrogen) atoms. The molecule has 7 nitrogen and oxygen atoms in total. The number of rotatable bonds is 3. The molecule has 0 bridgehead atoms. The smallest absolute Gasteiger partial charge is 0.395 e. The maximum atomic E-state index is 11.6. The first-order valence-corrected chi connectivity index (χ1v) is 9.52. The van der Waals surface area contributed by atoms with E-state index in [2.05, 4.69) is 5.32 Å². The molecule has 0 aromatic heterocycles. The fraction of sp³-hybridized carbons (Fsp3) is 0.214. The van der Waals surface area contributed by atoms with E-state index in [1.165, 1.54) is 0 Å². The molecular formula is C14H13IN2O5S. The molecular weight excluding hydrogens is 435 g/mol. The van der Waals surface area contributed by atoms with Gasteiger partial charge in [-0.2, -0.15) is 0 Å². The van der Waals surface area contributed by atoms with Crippen LogP contribution in [-0.2, 0) is 15.2 Å². The average Bonchev–Trinajstić information content (AvgIpc) is 2.81. The zero-order chi connectivity index (χ0) is 16.8. The maximum Gasteiger partial charge on any atom is 0.501 e. The van der Waals surface area contributed by atoms with Crippen molar-refractivity contribution >= 4 is 55.4 Å². The molecule has 0 fully saturated rings. The van der Waals surface area contributed by atoms with Crippen molar-refractivity contribution in [1.29, 1.82) is 0 Å². The first-order valence-electron chi connectivity index (χ1n) is 6.66. The minimum absolute atomic E-state index is 0.00130. The van der Waals surface area contributed by atoms with Crippen LogP contribution in [0.25, 0.3) is 10.8 Å². The predicted octanol–water partition coefficient (Wildman–Crippen LogP) is 2.05. The molecule has 1 atom stereocenters. The summed E-state index contributed by atoms with van der Waals surface area (Å²) in [6.07, 6.45) is 0. The van der Waals surface area contributed by atoms with E-state index in [4.69, 9.17) is 14.1 Å². The molecule has 1 aliphatic rings. The monoisotopic (exact) mass is 448 g/mol. The van der Waals surface area contributed by atoms with Crippen LogP contribution < -0.4 is 19.4 Å². The molecule has 2 aromatic carbocycles. The third-order valence-electron chi connectivity index (χ3n) is 3.52. The number of halogens is 1. The zero-order valence-corrected chi connectivity index (χ0v) is 15.0.